The molecule has 2 unspecified atom stereocenters. The molecule has 0 radical (unpaired) electrons. The predicted molar refractivity (Wildman–Crippen MR) is 178 cm³/mol. The molecule has 3 aromatic rings. The van der Waals surface area contributed by atoms with Crippen molar-refractivity contribution >= 4 is 23.0 Å². The van der Waals surface area contributed by atoms with E-state index in [0.717, 1.165) is 56.6 Å². The largest absolute Gasteiger partial charge is 0.375 e. The van der Waals surface area contributed by atoms with Crippen molar-refractivity contribution in [2.75, 3.05) is 68.5 Å². The lowest BCUT2D eigenvalue weighted by Gasteiger charge is -2.43. The molecule has 1 spiro atoms. The molecule has 1 aromatic carbocycles. The van der Waals surface area contributed by atoms with Crippen LogP contribution in [0.2, 0.25) is 0 Å². The summed E-state index contributed by atoms with van der Waals surface area (Å²) in [5, 5.41) is 17.7. The molecule has 4 fully saturated rings. The Morgan fingerprint density at radius 3 is 2.42 bits per heavy atom. The first-order chi connectivity index (χ1) is 21.9. The monoisotopic (exact) mass is 613 g/mol. The fraction of sp³-hybridized carbons (Fsp3) is 0.559. The maximum Gasteiger partial charge on any atom is 0.158 e. The van der Waals surface area contributed by atoms with Crippen LogP contribution in [0.3, 0.4) is 0 Å². The van der Waals surface area contributed by atoms with Gasteiger partial charge in [0.1, 0.15) is 17.6 Å². The van der Waals surface area contributed by atoms with Crippen LogP contribution in [0, 0.1) is 6.92 Å². The van der Waals surface area contributed by atoms with Crippen molar-refractivity contribution < 1.29 is 9.84 Å². The van der Waals surface area contributed by atoms with E-state index in [9.17, 15) is 5.11 Å². The summed E-state index contributed by atoms with van der Waals surface area (Å²) >= 11 is 0. The van der Waals surface area contributed by atoms with Crippen molar-refractivity contribution in [2.24, 2.45) is 5.73 Å². The zero-order valence-corrected chi connectivity index (χ0v) is 26.6. The highest BCUT2D eigenvalue weighted by molar-refractivity contribution is 5.75. The standard InChI is InChI=1S/C34H47N9O2/c1-23-21-25(3-4-28(23)43-14-7-27(8-15-43)42-18-16-41(2)17-19-42)37-33-30(31(35)44)39-29(24-5-12-36-13-6-24)32(40-33)38-26-9-20-45-34(22-26)10-11-34/h3-6,12-13,21,26-27,31,44H,7-11,14-20,22,35H2,1-2H3,(H2,37,38,40). The van der Waals surface area contributed by atoms with Crippen molar-refractivity contribution in [3.8, 4) is 11.3 Å². The van der Waals surface area contributed by atoms with E-state index in [4.69, 9.17) is 20.4 Å². The van der Waals surface area contributed by atoms with E-state index in [1.807, 2.05) is 12.1 Å². The summed E-state index contributed by atoms with van der Waals surface area (Å²) in [6, 6.07) is 11.1. The van der Waals surface area contributed by atoms with Crippen LogP contribution >= 0.6 is 0 Å². The normalized spacial score (nSPS) is 23.2. The van der Waals surface area contributed by atoms with Crippen LogP contribution in [0.4, 0.5) is 23.0 Å². The molecule has 5 N–H and O–H groups in total. The molecule has 3 saturated heterocycles. The minimum Gasteiger partial charge on any atom is -0.375 e. The number of nitrogens with two attached hydrogens (primary N) is 1. The summed E-state index contributed by atoms with van der Waals surface area (Å²) in [5.41, 5.74) is 11.2. The molecule has 3 aliphatic heterocycles. The van der Waals surface area contributed by atoms with Gasteiger partial charge in [-0.15, -0.1) is 0 Å². The number of hydrogen-bond acceptors (Lipinski definition) is 11. The molecule has 45 heavy (non-hydrogen) atoms. The summed E-state index contributed by atoms with van der Waals surface area (Å²) in [4.78, 5) is 21.7. The molecule has 1 saturated carbocycles. The molecule has 2 atom stereocenters. The van der Waals surface area contributed by atoms with Gasteiger partial charge in [-0.2, -0.15) is 0 Å². The molecule has 240 valence electrons. The summed E-state index contributed by atoms with van der Waals surface area (Å²) in [6.45, 7) is 9.73. The molecule has 11 heteroatoms. The van der Waals surface area contributed by atoms with Crippen LogP contribution in [-0.4, -0.2) is 100 Å². The van der Waals surface area contributed by atoms with Crippen LogP contribution in [0.15, 0.2) is 42.7 Å². The van der Waals surface area contributed by atoms with Crippen LogP contribution in [-0.2, 0) is 4.74 Å². The number of pyridine rings is 1. The number of anilines is 4. The van der Waals surface area contributed by atoms with Gasteiger partial charge in [-0.1, -0.05) is 0 Å². The van der Waals surface area contributed by atoms with Crippen molar-refractivity contribution in [2.45, 2.75) is 69.4 Å². The Labute approximate surface area is 266 Å². The minimum atomic E-state index is -1.30. The first-order valence-electron chi connectivity index (χ1n) is 16.6. The number of aryl methyl sites for hydroxylation is 1. The molecular formula is C34H47N9O2. The maximum absolute atomic E-state index is 10.6. The van der Waals surface area contributed by atoms with Gasteiger partial charge in [-0.25, -0.2) is 9.97 Å². The molecule has 0 bridgehead atoms. The average Bonchev–Trinajstić information content (AvgIpc) is 3.79. The maximum atomic E-state index is 10.6. The number of nitrogens with zero attached hydrogens (tertiary/aromatic N) is 6. The molecule has 2 aromatic heterocycles. The Kier molecular flexibility index (Phi) is 8.62. The second-order valence-electron chi connectivity index (χ2n) is 13.4. The summed E-state index contributed by atoms with van der Waals surface area (Å²) in [5.74, 6) is 1.10. The fourth-order valence-corrected chi connectivity index (χ4v) is 7.27. The van der Waals surface area contributed by atoms with Crippen molar-refractivity contribution in [3.05, 3.63) is 54.0 Å². The summed E-state index contributed by atoms with van der Waals surface area (Å²) in [6.07, 6.45) is 8.64. The Morgan fingerprint density at radius 1 is 0.978 bits per heavy atom. The lowest BCUT2D eigenvalue weighted by Crippen LogP contribution is -2.52. The summed E-state index contributed by atoms with van der Waals surface area (Å²) in [7, 11) is 2.22. The SMILES string of the molecule is Cc1cc(Nc2nc(NC3CCOC4(CC4)C3)c(-c3ccncc3)nc2C(N)O)ccc1N1CCC(N2CCN(C)CC2)CC1. The van der Waals surface area contributed by atoms with Gasteiger partial charge in [0.25, 0.3) is 0 Å². The Morgan fingerprint density at radius 2 is 1.73 bits per heavy atom. The number of piperidine rings is 1. The van der Waals surface area contributed by atoms with Gasteiger partial charge in [0.15, 0.2) is 11.6 Å². The molecule has 0 amide bonds. The number of piperazine rings is 1. The zero-order valence-electron chi connectivity index (χ0n) is 26.6. The minimum absolute atomic E-state index is 0.0216. The van der Waals surface area contributed by atoms with Crippen molar-refractivity contribution in [1.29, 1.82) is 0 Å². The smallest absolute Gasteiger partial charge is 0.158 e. The van der Waals surface area contributed by atoms with Gasteiger partial charge in [0.05, 0.1) is 5.60 Å². The van der Waals surface area contributed by atoms with Crippen molar-refractivity contribution in [1.82, 2.24) is 24.8 Å². The number of rotatable bonds is 8. The van der Waals surface area contributed by atoms with Gasteiger partial charge in [0.2, 0.25) is 0 Å². The number of likely N-dealkylation sites (N-methyl/N-ethyl adjacent to an activating group) is 1. The van der Waals surface area contributed by atoms with Crippen LogP contribution in [0.5, 0.6) is 0 Å². The highest BCUT2D eigenvalue weighted by atomic mass is 16.5. The molecule has 1 aliphatic carbocycles. The quantitative estimate of drug-likeness (QED) is 0.277. The molecule has 7 rings (SSSR count). The lowest BCUT2D eigenvalue weighted by molar-refractivity contribution is -0.00884. The van der Waals surface area contributed by atoms with Crippen molar-refractivity contribution in [3.63, 3.8) is 0 Å². The predicted octanol–water partition coefficient (Wildman–Crippen LogP) is 3.88. The molecule has 4 aliphatic rings. The van der Waals surface area contributed by atoms with E-state index >= 15 is 0 Å². The number of aromatic nitrogens is 3. The Bertz CT molecular complexity index is 1470. The van der Waals surface area contributed by atoms with E-state index in [2.05, 4.69) is 62.5 Å². The van der Waals surface area contributed by atoms with E-state index in [1.165, 1.54) is 50.3 Å². The van der Waals surface area contributed by atoms with Gasteiger partial charge in [-0.05, 0) is 88.4 Å². The van der Waals surface area contributed by atoms with E-state index in [-0.39, 0.29) is 11.6 Å². The van der Waals surface area contributed by atoms with Gasteiger partial charge < -0.3 is 36.0 Å². The van der Waals surface area contributed by atoms with Gasteiger partial charge in [0, 0.05) is 87.3 Å². The number of aliphatic hydroxyl groups excluding tert-OH is 1. The fourth-order valence-electron chi connectivity index (χ4n) is 7.27. The van der Waals surface area contributed by atoms with Gasteiger partial charge in [-0.3, -0.25) is 9.88 Å². The first kappa shape index (κ1) is 30.3. The van der Waals surface area contributed by atoms with Crippen LogP contribution < -0.4 is 21.3 Å². The number of aliphatic hydroxyl groups is 1. The third-order valence-corrected chi connectivity index (χ3v) is 10.1. The second kappa shape index (κ2) is 12.8. The summed E-state index contributed by atoms with van der Waals surface area (Å²) < 4.78 is 6.06. The first-order valence-corrected chi connectivity index (χ1v) is 16.6. The topological polar surface area (TPSA) is 128 Å². The van der Waals surface area contributed by atoms with E-state index in [1.54, 1.807) is 12.4 Å². The number of hydrogen-bond donors (Lipinski definition) is 4. The highest BCUT2D eigenvalue weighted by Gasteiger charge is 2.48. The van der Waals surface area contributed by atoms with E-state index in [0.29, 0.717) is 29.1 Å². The van der Waals surface area contributed by atoms with Crippen LogP contribution in [0.1, 0.15) is 56.0 Å². The highest BCUT2D eigenvalue weighted by Crippen LogP contribution is 2.47. The second-order valence-corrected chi connectivity index (χ2v) is 13.4. The lowest BCUT2D eigenvalue weighted by atomic mass is 10.0. The number of ether oxygens (including phenoxy) is 1. The third-order valence-electron chi connectivity index (χ3n) is 10.1. The zero-order chi connectivity index (χ0) is 31.0. The van der Waals surface area contributed by atoms with E-state index < -0.39 is 6.23 Å². The molecular weight excluding hydrogens is 566 g/mol. The third kappa shape index (κ3) is 6.78. The Balaban J connectivity index is 1.10. The molecule has 11 nitrogen and oxygen atoms in total. The average molecular weight is 614 g/mol. The van der Waals surface area contributed by atoms with Crippen LogP contribution in [0.25, 0.3) is 11.3 Å². The number of benzene rings is 1. The Hall–Kier alpha value is -3.35. The van der Waals surface area contributed by atoms with Gasteiger partial charge >= 0.3 is 0 Å². The number of nitrogens with one attached hydrogen (secondary N) is 2. The molecule has 5 heterocycles.